The van der Waals surface area contributed by atoms with Crippen molar-refractivity contribution in [1.82, 2.24) is 9.97 Å². The highest BCUT2D eigenvalue weighted by molar-refractivity contribution is 9.11. The van der Waals surface area contributed by atoms with Crippen LogP contribution in [0.1, 0.15) is 10.4 Å². The molecule has 24 heavy (non-hydrogen) atoms. The number of nitrogens with one attached hydrogen (secondary N) is 2. The van der Waals surface area contributed by atoms with Gasteiger partial charge in [0.2, 0.25) is 0 Å². The quantitative estimate of drug-likeness (QED) is 0.586. The summed E-state index contributed by atoms with van der Waals surface area (Å²) < 4.78 is 1.66. The van der Waals surface area contributed by atoms with Gasteiger partial charge in [-0.25, -0.2) is 0 Å². The van der Waals surface area contributed by atoms with E-state index in [1.54, 1.807) is 19.2 Å². The van der Waals surface area contributed by atoms with E-state index in [9.17, 15) is 14.4 Å². The number of fused-ring (bicyclic) bond motifs is 1. The summed E-state index contributed by atoms with van der Waals surface area (Å²) in [5.74, 6) is -0.244. The number of nitrogens with zero attached hydrogens (tertiary/aromatic N) is 1. The molecular formula is C16H11Br2N3O3. The average molecular weight is 453 g/mol. The van der Waals surface area contributed by atoms with Crippen molar-refractivity contribution < 1.29 is 4.79 Å². The van der Waals surface area contributed by atoms with Crippen LogP contribution in [0.3, 0.4) is 0 Å². The van der Waals surface area contributed by atoms with Crippen LogP contribution in [0.15, 0.2) is 54.9 Å². The van der Waals surface area contributed by atoms with Gasteiger partial charge in [0.25, 0.3) is 5.91 Å². The third kappa shape index (κ3) is 3.07. The van der Waals surface area contributed by atoms with Gasteiger partial charge in [-0.3, -0.25) is 14.4 Å². The summed E-state index contributed by atoms with van der Waals surface area (Å²) in [6.07, 6.45) is 0. The summed E-state index contributed by atoms with van der Waals surface area (Å²) in [6.45, 7) is 0. The molecule has 0 unspecified atom stereocenters. The molecule has 1 aromatic heterocycles. The van der Waals surface area contributed by atoms with Crippen molar-refractivity contribution in [2.45, 2.75) is 0 Å². The summed E-state index contributed by atoms with van der Waals surface area (Å²) in [7, 11) is 1.66. The number of amides is 1. The predicted octanol–water partition coefficient (Wildman–Crippen LogP) is 3.02. The molecule has 0 spiro atoms. The van der Waals surface area contributed by atoms with E-state index >= 15 is 0 Å². The number of carbonyl (C=O) groups is 1. The van der Waals surface area contributed by atoms with E-state index < -0.39 is 11.1 Å². The van der Waals surface area contributed by atoms with Gasteiger partial charge < -0.3 is 14.9 Å². The second-order valence-electron chi connectivity index (χ2n) is 5.13. The van der Waals surface area contributed by atoms with Crippen LogP contribution in [0, 0.1) is 0 Å². The fourth-order valence-electron chi connectivity index (χ4n) is 2.30. The number of benzene rings is 2. The van der Waals surface area contributed by atoms with Gasteiger partial charge in [0.1, 0.15) is 0 Å². The molecule has 0 aliphatic carbocycles. The highest BCUT2D eigenvalue weighted by atomic mass is 79.9. The summed E-state index contributed by atoms with van der Waals surface area (Å²) in [5.41, 5.74) is 0.478. The molecule has 0 atom stereocenters. The second kappa shape index (κ2) is 6.37. The van der Waals surface area contributed by atoms with Crippen LogP contribution in [0.5, 0.6) is 0 Å². The molecule has 0 saturated carbocycles. The molecule has 0 bridgehead atoms. The molecular weight excluding hydrogens is 442 g/mol. The van der Waals surface area contributed by atoms with E-state index in [0.29, 0.717) is 22.3 Å². The minimum atomic E-state index is -0.754. The molecule has 3 rings (SSSR count). The molecule has 2 aromatic carbocycles. The van der Waals surface area contributed by atoms with Crippen molar-refractivity contribution >= 4 is 54.5 Å². The van der Waals surface area contributed by atoms with Gasteiger partial charge in [-0.05, 0) is 52.3 Å². The first kappa shape index (κ1) is 16.7. The van der Waals surface area contributed by atoms with E-state index in [-0.39, 0.29) is 5.91 Å². The fourth-order valence-corrected chi connectivity index (χ4v) is 3.62. The maximum absolute atomic E-state index is 12.7. The summed E-state index contributed by atoms with van der Waals surface area (Å²) >= 11 is 6.81. The highest BCUT2D eigenvalue weighted by Crippen LogP contribution is 2.29. The maximum atomic E-state index is 12.7. The van der Waals surface area contributed by atoms with Crippen molar-refractivity contribution in [3.63, 3.8) is 0 Å². The van der Waals surface area contributed by atoms with Gasteiger partial charge in [0.15, 0.2) is 0 Å². The summed E-state index contributed by atoms with van der Waals surface area (Å²) in [6, 6.07) is 10.2. The Kier molecular flexibility index (Phi) is 4.42. The van der Waals surface area contributed by atoms with E-state index in [4.69, 9.17) is 0 Å². The third-order valence-electron chi connectivity index (χ3n) is 3.54. The van der Waals surface area contributed by atoms with Crippen molar-refractivity contribution in [2.75, 3.05) is 11.9 Å². The lowest BCUT2D eigenvalue weighted by molar-refractivity contribution is 0.0993. The Hall–Kier alpha value is -2.19. The third-order valence-corrected chi connectivity index (χ3v) is 4.67. The fraction of sp³-hybridized carbons (Fsp3) is 0.0625. The average Bonchev–Trinajstić information content (AvgIpc) is 2.54. The monoisotopic (exact) mass is 451 g/mol. The SMILES string of the molecule is CN(C(=O)c1ccc2[nH]c(=O)c(=O)[nH]c2c1)c1ccc(Br)cc1Br. The second-order valence-corrected chi connectivity index (χ2v) is 6.90. The molecule has 0 radical (unpaired) electrons. The molecule has 0 aliphatic heterocycles. The lowest BCUT2D eigenvalue weighted by Crippen LogP contribution is -2.29. The highest BCUT2D eigenvalue weighted by Gasteiger charge is 2.16. The molecule has 0 fully saturated rings. The zero-order valence-electron chi connectivity index (χ0n) is 12.4. The summed E-state index contributed by atoms with van der Waals surface area (Å²) in [5, 5.41) is 0. The number of hydrogen-bond donors (Lipinski definition) is 2. The van der Waals surface area contributed by atoms with Crippen LogP contribution < -0.4 is 16.0 Å². The van der Waals surface area contributed by atoms with Crippen LogP contribution in [0.25, 0.3) is 11.0 Å². The van der Waals surface area contributed by atoms with Gasteiger partial charge in [0.05, 0.1) is 16.7 Å². The number of halogens is 2. The first-order valence-electron chi connectivity index (χ1n) is 6.86. The van der Waals surface area contributed by atoms with E-state index in [0.717, 1.165) is 8.95 Å². The van der Waals surface area contributed by atoms with Crippen LogP contribution in [0.4, 0.5) is 5.69 Å². The smallest absolute Gasteiger partial charge is 0.314 e. The van der Waals surface area contributed by atoms with Crippen LogP contribution in [-0.2, 0) is 0 Å². The lowest BCUT2D eigenvalue weighted by Gasteiger charge is -2.19. The predicted molar refractivity (Wildman–Crippen MR) is 99.8 cm³/mol. The Balaban J connectivity index is 2.03. The van der Waals surface area contributed by atoms with Crippen LogP contribution in [0.2, 0.25) is 0 Å². The number of aromatic amines is 2. The standard InChI is InChI=1S/C16H11Br2N3O3/c1-21(13-5-3-9(17)7-10(13)18)16(24)8-2-4-11-12(6-8)20-15(23)14(22)19-11/h2-7H,1H3,(H,19,22)(H,20,23). The number of hydrogen-bond acceptors (Lipinski definition) is 3. The first-order chi connectivity index (χ1) is 11.4. The van der Waals surface area contributed by atoms with Crippen molar-refractivity contribution in [3.05, 3.63) is 71.6 Å². The largest absolute Gasteiger partial charge is 0.316 e. The van der Waals surface area contributed by atoms with Crippen molar-refractivity contribution in [3.8, 4) is 0 Å². The van der Waals surface area contributed by atoms with Crippen molar-refractivity contribution in [2.24, 2.45) is 0 Å². The summed E-state index contributed by atoms with van der Waals surface area (Å²) in [4.78, 5) is 41.9. The Bertz CT molecular complexity index is 1070. The normalized spacial score (nSPS) is 10.8. The minimum Gasteiger partial charge on any atom is -0.316 e. The molecule has 3 aromatic rings. The zero-order chi connectivity index (χ0) is 17.4. The van der Waals surface area contributed by atoms with Gasteiger partial charge in [0, 0.05) is 21.6 Å². The number of H-pyrrole nitrogens is 2. The van der Waals surface area contributed by atoms with Crippen molar-refractivity contribution in [1.29, 1.82) is 0 Å². The molecule has 122 valence electrons. The van der Waals surface area contributed by atoms with E-state index in [2.05, 4.69) is 41.8 Å². The van der Waals surface area contributed by atoms with Crippen LogP contribution in [-0.4, -0.2) is 22.9 Å². The van der Waals surface area contributed by atoms with Gasteiger partial charge >= 0.3 is 11.1 Å². The molecule has 1 amide bonds. The van der Waals surface area contributed by atoms with E-state index in [1.807, 2.05) is 18.2 Å². The van der Waals surface area contributed by atoms with Crippen LogP contribution >= 0.6 is 31.9 Å². The molecule has 1 heterocycles. The number of anilines is 1. The maximum Gasteiger partial charge on any atom is 0.314 e. The molecule has 8 heteroatoms. The topological polar surface area (TPSA) is 86.0 Å². The van der Waals surface area contributed by atoms with Gasteiger partial charge in [-0.15, -0.1) is 0 Å². The van der Waals surface area contributed by atoms with E-state index in [1.165, 1.54) is 11.0 Å². The number of rotatable bonds is 2. The molecule has 2 N–H and O–H groups in total. The zero-order valence-corrected chi connectivity index (χ0v) is 15.6. The lowest BCUT2D eigenvalue weighted by atomic mass is 10.1. The molecule has 0 aliphatic rings. The Morgan fingerprint density at radius 3 is 2.29 bits per heavy atom. The Labute approximate surface area is 152 Å². The number of aromatic nitrogens is 2. The molecule has 0 saturated heterocycles. The van der Waals surface area contributed by atoms with Gasteiger partial charge in [-0.1, -0.05) is 15.9 Å². The van der Waals surface area contributed by atoms with Gasteiger partial charge in [-0.2, -0.15) is 0 Å². The Morgan fingerprint density at radius 1 is 0.958 bits per heavy atom. The Morgan fingerprint density at radius 2 is 1.62 bits per heavy atom. The molecule has 6 nitrogen and oxygen atoms in total. The first-order valence-corrected chi connectivity index (χ1v) is 8.45. The minimum absolute atomic E-state index is 0.244. The number of carbonyl (C=O) groups excluding carboxylic acids is 1.